The Morgan fingerprint density at radius 1 is 1.64 bits per heavy atom. The predicted molar refractivity (Wildman–Crippen MR) is 53.2 cm³/mol. The lowest BCUT2D eigenvalue weighted by atomic mass is 10.2. The first-order valence-electron chi connectivity index (χ1n) is 4.45. The molecule has 14 heavy (non-hydrogen) atoms. The minimum Gasteiger partial charge on any atom is -0.481 e. The Kier molecular flexibility index (Phi) is 3.91. The van der Waals surface area contributed by atoms with Crippen molar-refractivity contribution in [2.24, 2.45) is 0 Å². The van der Waals surface area contributed by atoms with Gasteiger partial charge in [-0.3, -0.25) is 4.79 Å². The fourth-order valence-corrected chi connectivity index (χ4v) is 1.10. The SMILES string of the molecule is COc1cc(CCNC(C)=O)ccn1. The lowest BCUT2D eigenvalue weighted by Crippen LogP contribution is -2.22. The number of pyridine rings is 1. The molecule has 0 atom stereocenters. The maximum Gasteiger partial charge on any atom is 0.216 e. The highest BCUT2D eigenvalue weighted by Crippen LogP contribution is 2.08. The van der Waals surface area contributed by atoms with Crippen molar-refractivity contribution in [1.82, 2.24) is 10.3 Å². The number of hydrogen-bond donors (Lipinski definition) is 1. The first-order chi connectivity index (χ1) is 6.72. The highest BCUT2D eigenvalue weighted by atomic mass is 16.5. The van der Waals surface area contributed by atoms with Gasteiger partial charge in [0.05, 0.1) is 7.11 Å². The Bertz CT molecular complexity index is 313. The number of carbonyl (C=O) groups is 1. The van der Waals surface area contributed by atoms with E-state index < -0.39 is 0 Å². The standard InChI is InChI=1S/C10H14N2O2/c1-8(13)11-5-3-9-4-6-12-10(7-9)14-2/h4,6-7H,3,5H2,1-2H3,(H,11,13). The molecule has 0 fully saturated rings. The van der Waals surface area contributed by atoms with Gasteiger partial charge in [-0.1, -0.05) is 0 Å². The number of hydrogen-bond acceptors (Lipinski definition) is 3. The third-order valence-electron chi connectivity index (χ3n) is 1.80. The quantitative estimate of drug-likeness (QED) is 0.770. The zero-order valence-electron chi connectivity index (χ0n) is 8.41. The molecule has 0 radical (unpaired) electrons. The Labute approximate surface area is 83.3 Å². The second kappa shape index (κ2) is 5.21. The van der Waals surface area contributed by atoms with Crippen LogP contribution in [0.15, 0.2) is 18.3 Å². The van der Waals surface area contributed by atoms with E-state index in [1.807, 2.05) is 12.1 Å². The van der Waals surface area contributed by atoms with Crippen molar-refractivity contribution in [3.8, 4) is 5.88 Å². The van der Waals surface area contributed by atoms with Gasteiger partial charge in [0.15, 0.2) is 0 Å². The predicted octanol–water partition coefficient (Wildman–Crippen LogP) is 0.769. The molecule has 0 aliphatic carbocycles. The average Bonchev–Trinajstić information content (AvgIpc) is 2.18. The summed E-state index contributed by atoms with van der Waals surface area (Å²) in [6, 6.07) is 3.77. The summed E-state index contributed by atoms with van der Waals surface area (Å²) in [7, 11) is 1.58. The molecular formula is C10H14N2O2. The van der Waals surface area contributed by atoms with Crippen LogP contribution < -0.4 is 10.1 Å². The molecule has 4 nitrogen and oxygen atoms in total. The van der Waals surface area contributed by atoms with Crippen LogP contribution in [0.1, 0.15) is 12.5 Å². The Hall–Kier alpha value is -1.58. The molecule has 1 rings (SSSR count). The largest absolute Gasteiger partial charge is 0.481 e. The second-order valence-corrected chi connectivity index (χ2v) is 2.94. The minimum absolute atomic E-state index is 0.00831. The summed E-state index contributed by atoms with van der Waals surface area (Å²) < 4.78 is 4.98. The molecule has 0 bridgehead atoms. The summed E-state index contributed by atoms with van der Waals surface area (Å²) in [5.74, 6) is 0.594. The molecule has 1 amide bonds. The summed E-state index contributed by atoms with van der Waals surface area (Å²) in [6.45, 7) is 2.15. The summed E-state index contributed by atoms with van der Waals surface area (Å²) in [6.07, 6.45) is 2.49. The highest BCUT2D eigenvalue weighted by molar-refractivity contribution is 5.72. The second-order valence-electron chi connectivity index (χ2n) is 2.94. The van der Waals surface area contributed by atoms with E-state index in [0.29, 0.717) is 12.4 Å². The van der Waals surface area contributed by atoms with E-state index in [4.69, 9.17) is 4.74 Å². The number of amides is 1. The molecule has 76 valence electrons. The van der Waals surface area contributed by atoms with Gasteiger partial charge in [0.2, 0.25) is 11.8 Å². The molecule has 0 aromatic carbocycles. The normalized spacial score (nSPS) is 9.57. The van der Waals surface area contributed by atoms with Crippen molar-refractivity contribution in [1.29, 1.82) is 0 Å². The summed E-state index contributed by atoms with van der Waals surface area (Å²) in [4.78, 5) is 14.6. The van der Waals surface area contributed by atoms with Crippen molar-refractivity contribution in [3.05, 3.63) is 23.9 Å². The average molecular weight is 194 g/mol. The molecule has 0 saturated carbocycles. The molecule has 4 heteroatoms. The fraction of sp³-hybridized carbons (Fsp3) is 0.400. The summed E-state index contributed by atoms with van der Waals surface area (Å²) >= 11 is 0. The van der Waals surface area contributed by atoms with Crippen molar-refractivity contribution < 1.29 is 9.53 Å². The molecule has 0 aliphatic rings. The maximum atomic E-state index is 10.6. The van der Waals surface area contributed by atoms with Crippen LogP contribution in [0.25, 0.3) is 0 Å². The Morgan fingerprint density at radius 3 is 3.07 bits per heavy atom. The number of nitrogens with one attached hydrogen (secondary N) is 1. The zero-order valence-corrected chi connectivity index (χ0v) is 8.41. The van der Waals surface area contributed by atoms with E-state index >= 15 is 0 Å². The number of carbonyl (C=O) groups excluding carboxylic acids is 1. The van der Waals surface area contributed by atoms with Gasteiger partial charge in [-0.15, -0.1) is 0 Å². The van der Waals surface area contributed by atoms with Crippen LogP contribution in [0, 0.1) is 0 Å². The van der Waals surface area contributed by atoms with Gasteiger partial charge in [-0.05, 0) is 18.1 Å². The van der Waals surface area contributed by atoms with Gasteiger partial charge >= 0.3 is 0 Å². The maximum absolute atomic E-state index is 10.6. The van der Waals surface area contributed by atoms with Crippen LogP contribution in [0.2, 0.25) is 0 Å². The number of methoxy groups -OCH3 is 1. The molecule has 0 aliphatic heterocycles. The van der Waals surface area contributed by atoms with E-state index in [-0.39, 0.29) is 5.91 Å². The van der Waals surface area contributed by atoms with Crippen LogP contribution in [-0.2, 0) is 11.2 Å². The van der Waals surface area contributed by atoms with Gasteiger partial charge in [0.1, 0.15) is 0 Å². The van der Waals surface area contributed by atoms with Crippen LogP contribution in [-0.4, -0.2) is 24.5 Å². The number of rotatable bonds is 4. The first kappa shape index (κ1) is 10.5. The third-order valence-corrected chi connectivity index (χ3v) is 1.80. The van der Waals surface area contributed by atoms with Gasteiger partial charge in [-0.2, -0.15) is 0 Å². The van der Waals surface area contributed by atoms with Gasteiger partial charge in [0, 0.05) is 25.7 Å². The van der Waals surface area contributed by atoms with E-state index in [1.165, 1.54) is 6.92 Å². The first-order valence-corrected chi connectivity index (χ1v) is 4.45. The van der Waals surface area contributed by atoms with Crippen molar-refractivity contribution in [3.63, 3.8) is 0 Å². The van der Waals surface area contributed by atoms with Gasteiger partial charge < -0.3 is 10.1 Å². The number of ether oxygens (including phenoxy) is 1. The van der Waals surface area contributed by atoms with E-state index in [9.17, 15) is 4.79 Å². The Balaban J connectivity index is 2.46. The smallest absolute Gasteiger partial charge is 0.216 e. The van der Waals surface area contributed by atoms with Crippen LogP contribution in [0.3, 0.4) is 0 Å². The minimum atomic E-state index is -0.00831. The third kappa shape index (κ3) is 3.43. The summed E-state index contributed by atoms with van der Waals surface area (Å²) in [5, 5.41) is 2.73. The van der Waals surface area contributed by atoms with Crippen molar-refractivity contribution in [2.45, 2.75) is 13.3 Å². The fourth-order valence-electron chi connectivity index (χ4n) is 1.10. The molecule has 1 heterocycles. The van der Waals surface area contributed by atoms with Crippen molar-refractivity contribution in [2.75, 3.05) is 13.7 Å². The molecule has 0 saturated heterocycles. The van der Waals surface area contributed by atoms with E-state index in [1.54, 1.807) is 13.3 Å². The molecular weight excluding hydrogens is 180 g/mol. The monoisotopic (exact) mass is 194 g/mol. The zero-order chi connectivity index (χ0) is 10.4. The van der Waals surface area contributed by atoms with Crippen LogP contribution in [0.5, 0.6) is 5.88 Å². The topological polar surface area (TPSA) is 51.2 Å². The van der Waals surface area contributed by atoms with Crippen LogP contribution in [0.4, 0.5) is 0 Å². The van der Waals surface area contributed by atoms with Gasteiger partial charge in [-0.25, -0.2) is 4.98 Å². The molecule has 0 spiro atoms. The molecule has 0 unspecified atom stereocenters. The molecule has 1 N–H and O–H groups in total. The lowest BCUT2D eigenvalue weighted by molar-refractivity contribution is -0.118. The Morgan fingerprint density at radius 2 is 2.43 bits per heavy atom. The van der Waals surface area contributed by atoms with Crippen molar-refractivity contribution >= 4 is 5.91 Å². The number of aromatic nitrogens is 1. The summed E-state index contributed by atoms with van der Waals surface area (Å²) in [5.41, 5.74) is 1.10. The van der Waals surface area contributed by atoms with E-state index in [0.717, 1.165) is 12.0 Å². The van der Waals surface area contributed by atoms with Crippen LogP contribution >= 0.6 is 0 Å². The lowest BCUT2D eigenvalue weighted by Gasteiger charge is -2.03. The highest BCUT2D eigenvalue weighted by Gasteiger charge is 1.97. The molecule has 1 aromatic heterocycles. The number of nitrogens with zero attached hydrogens (tertiary/aromatic N) is 1. The van der Waals surface area contributed by atoms with Gasteiger partial charge in [0.25, 0.3) is 0 Å². The van der Waals surface area contributed by atoms with E-state index in [2.05, 4.69) is 10.3 Å². The molecule has 1 aromatic rings.